The quantitative estimate of drug-likeness (QED) is 0.446. The number of aliphatic carboxylic acids is 1. The van der Waals surface area contributed by atoms with Gasteiger partial charge in [0.2, 0.25) is 0 Å². The van der Waals surface area contributed by atoms with E-state index in [2.05, 4.69) is 10.6 Å². The summed E-state index contributed by atoms with van der Waals surface area (Å²) in [6, 6.07) is 6.17. The number of benzene rings is 1. The van der Waals surface area contributed by atoms with Crippen molar-refractivity contribution >= 4 is 17.7 Å². The summed E-state index contributed by atoms with van der Waals surface area (Å²) in [4.78, 5) is 34.9. The Labute approximate surface area is 166 Å². The Hall–Kier alpha value is -2.41. The van der Waals surface area contributed by atoms with E-state index in [0.717, 1.165) is 0 Å². The number of carboxylic acid groups (broad SMARTS) is 1. The van der Waals surface area contributed by atoms with Crippen molar-refractivity contribution in [2.24, 2.45) is 5.92 Å². The van der Waals surface area contributed by atoms with Crippen LogP contribution in [0.1, 0.15) is 57.3 Å². The zero-order valence-electron chi connectivity index (χ0n) is 17.2. The Kier molecular flexibility index (Phi) is 10.2. The van der Waals surface area contributed by atoms with E-state index in [4.69, 9.17) is 4.74 Å². The first kappa shape index (κ1) is 23.6. The van der Waals surface area contributed by atoms with Crippen LogP contribution < -0.4 is 15.4 Å². The first-order valence-electron chi connectivity index (χ1n) is 9.73. The molecule has 7 heteroatoms. The molecule has 0 heterocycles. The van der Waals surface area contributed by atoms with E-state index >= 15 is 0 Å². The van der Waals surface area contributed by atoms with E-state index in [1.165, 1.54) is 0 Å². The molecule has 0 aliphatic heterocycles. The molecule has 0 saturated heterocycles. The molecule has 1 atom stereocenters. The van der Waals surface area contributed by atoms with Crippen molar-refractivity contribution in [1.29, 1.82) is 0 Å². The van der Waals surface area contributed by atoms with Gasteiger partial charge in [-0.1, -0.05) is 27.7 Å². The van der Waals surface area contributed by atoms with Crippen LogP contribution >= 0.6 is 0 Å². The van der Waals surface area contributed by atoms with Gasteiger partial charge in [-0.3, -0.25) is 14.4 Å². The zero-order valence-corrected chi connectivity index (χ0v) is 17.2. The first-order chi connectivity index (χ1) is 13.2. The molecule has 0 spiro atoms. The minimum absolute atomic E-state index is 0.0201. The largest absolute Gasteiger partial charge is 0.486 e. The number of unbranched alkanes of at least 4 members (excludes halogenated alkanes) is 1. The van der Waals surface area contributed by atoms with Gasteiger partial charge in [-0.25, -0.2) is 0 Å². The standard InChI is InChI=1S/C21H32N2O5/c1-14(2)19(24)13-28-17-10-8-16(9-11-17)20(25)22-12-6-5-7-18(21(26)27)23-15(3)4/h8-11,14-15,18,23H,5-7,12-13H2,1-4H3,(H,22,25)(H,26,27)/t18-/m0/s1. The second-order valence-electron chi connectivity index (χ2n) is 7.40. The molecule has 0 fully saturated rings. The molecule has 0 unspecified atom stereocenters. The predicted octanol–water partition coefficient (Wildman–Crippen LogP) is 2.64. The third kappa shape index (κ3) is 8.99. The van der Waals surface area contributed by atoms with Crippen LogP contribution in [0.15, 0.2) is 24.3 Å². The van der Waals surface area contributed by atoms with Gasteiger partial charge >= 0.3 is 5.97 Å². The number of hydrogen-bond donors (Lipinski definition) is 3. The summed E-state index contributed by atoms with van der Waals surface area (Å²) in [5.74, 6) is -0.550. The van der Waals surface area contributed by atoms with Gasteiger partial charge in [0.15, 0.2) is 5.78 Å². The lowest BCUT2D eigenvalue weighted by molar-refractivity contribution is -0.139. The summed E-state index contributed by atoms with van der Waals surface area (Å²) < 4.78 is 5.41. The number of amides is 1. The Morgan fingerprint density at radius 1 is 1.04 bits per heavy atom. The number of carbonyl (C=O) groups is 3. The molecule has 1 rings (SSSR count). The third-order valence-corrected chi connectivity index (χ3v) is 4.18. The molecule has 28 heavy (non-hydrogen) atoms. The number of nitrogens with one attached hydrogen (secondary N) is 2. The average Bonchev–Trinajstić information content (AvgIpc) is 2.64. The molecular formula is C21H32N2O5. The van der Waals surface area contributed by atoms with Crippen molar-refractivity contribution in [1.82, 2.24) is 10.6 Å². The maximum atomic E-state index is 12.1. The molecule has 0 aliphatic carbocycles. The maximum Gasteiger partial charge on any atom is 0.320 e. The minimum atomic E-state index is -0.852. The summed E-state index contributed by atoms with van der Waals surface area (Å²) in [7, 11) is 0. The van der Waals surface area contributed by atoms with E-state index < -0.39 is 12.0 Å². The van der Waals surface area contributed by atoms with E-state index in [1.54, 1.807) is 24.3 Å². The van der Waals surface area contributed by atoms with E-state index in [-0.39, 0.29) is 30.3 Å². The van der Waals surface area contributed by atoms with E-state index in [1.807, 2.05) is 27.7 Å². The molecule has 1 aromatic carbocycles. The van der Waals surface area contributed by atoms with Crippen LogP contribution in [0.5, 0.6) is 5.75 Å². The maximum absolute atomic E-state index is 12.1. The van der Waals surface area contributed by atoms with Gasteiger partial charge in [-0.2, -0.15) is 0 Å². The van der Waals surface area contributed by atoms with Crippen molar-refractivity contribution in [2.45, 2.75) is 59.0 Å². The van der Waals surface area contributed by atoms with Gasteiger partial charge in [0, 0.05) is 24.1 Å². The van der Waals surface area contributed by atoms with Crippen molar-refractivity contribution < 1.29 is 24.2 Å². The average molecular weight is 392 g/mol. The fourth-order valence-corrected chi connectivity index (χ4v) is 2.48. The topological polar surface area (TPSA) is 105 Å². The lowest BCUT2D eigenvalue weighted by Gasteiger charge is -2.17. The Morgan fingerprint density at radius 3 is 2.21 bits per heavy atom. The van der Waals surface area contributed by atoms with Gasteiger partial charge in [-0.15, -0.1) is 0 Å². The molecule has 0 aliphatic rings. The van der Waals surface area contributed by atoms with Crippen molar-refractivity contribution in [3.8, 4) is 5.75 Å². The Morgan fingerprint density at radius 2 is 1.68 bits per heavy atom. The molecule has 7 nitrogen and oxygen atoms in total. The highest BCUT2D eigenvalue weighted by molar-refractivity contribution is 5.94. The van der Waals surface area contributed by atoms with Crippen LogP contribution in [0.4, 0.5) is 0 Å². The Bertz CT molecular complexity index is 641. The number of carboxylic acids is 1. The first-order valence-corrected chi connectivity index (χ1v) is 9.73. The van der Waals surface area contributed by atoms with Crippen LogP contribution in [0.2, 0.25) is 0 Å². The molecule has 0 saturated carbocycles. The summed E-state index contributed by atoms with van der Waals surface area (Å²) >= 11 is 0. The monoisotopic (exact) mass is 392 g/mol. The number of carbonyl (C=O) groups excluding carboxylic acids is 2. The number of ketones is 1. The van der Waals surface area contributed by atoms with Gasteiger partial charge in [0.05, 0.1) is 0 Å². The van der Waals surface area contributed by atoms with Gasteiger partial charge in [0.1, 0.15) is 18.4 Å². The number of rotatable bonds is 13. The van der Waals surface area contributed by atoms with Gasteiger partial charge in [0.25, 0.3) is 5.91 Å². The molecule has 1 aromatic rings. The van der Waals surface area contributed by atoms with E-state index in [9.17, 15) is 19.5 Å². The number of ether oxygens (including phenoxy) is 1. The predicted molar refractivity (Wildman–Crippen MR) is 108 cm³/mol. The van der Waals surface area contributed by atoms with Crippen molar-refractivity contribution in [2.75, 3.05) is 13.2 Å². The fraction of sp³-hybridized carbons (Fsp3) is 0.571. The summed E-state index contributed by atoms with van der Waals surface area (Å²) in [5.41, 5.74) is 0.507. The molecule has 0 bridgehead atoms. The van der Waals surface area contributed by atoms with Crippen LogP contribution in [-0.2, 0) is 9.59 Å². The second kappa shape index (κ2) is 12.1. The molecule has 1 amide bonds. The lowest BCUT2D eigenvalue weighted by Crippen LogP contribution is -2.40. The van der Waals surface area contributed by atoms with Crippen molar-refractivity contribution in [3.63, 3.8) is 0 Å². The number of Topliss-reactive ketones (excluding diaryl/α,β-unsaturated/α-hetero) is 1. The highest BCUT2D eigenvalue weighted by atomic mass is 16.5. The van der Waals surface area contributed by atoms with Crippen LogP contribution in [0.25, 0.3) is 0 Å². The molecule has 3 N–H and O–H groups in total. The summed E-state index contributed by atoms with van der Waals surface area (Å²) in [5, 5.41) is 15.0. The zero-order chi connectivity index (χ0) is 21.1. The minimum Gasteiger partial charge on any atom is -0.486 e. The van der Waals surface area contributed by atoms with Crippen LogP contribution in [0, 0.1) is 5.92 Å². The summed E-state index contributed by atoms with van der Waals surface area (Å²) in [6.07, 6.45) is 1.92. The molecular weight excluding hydrogens is 360 g/mol. The Balaban J connectivity index is 2.33. The molecule has 156 valence electrons. The van der Waals surface area contributed by atoms with Gasteiger partial charge < -0.3 is 20.5 Å². The third-order valence-electron chi connectivity index (χ3n) is 4.18. The summed E-state index contributed by atoms with van der Waals surface area (Å²) in [6.45, 7) is 7.97. The highest BCUT2D eigenvalue weighted by Gasteiger charge is 2.17. The second-order valence-corrected chi connectivity index (χ2v) is 7.40. The van der Waals surface area contributed by atoms with Crippen molar-refractivity contribution in [3.05, 3.63) is 29.8 Å². The SMILES string of the molecule is CC(C)N[C@@H](CCCCNC(=O)c1ccc(OCC(=O)C(C)C)cc1)C(=O)O. The van der Waals surface area contributed by atoms with E-state index in [0.29, 0.717) is 37.1 Å². The normalized spacial score (nSPS) is 12.1. The highest BCUT2D eigenvalue weighted by Crippen LogP contribution is 2.13. The fourth-order valence-electron chi connectivity index (χ4n) is 2.48. The smallest absolute Gasteiger partial charge is 0.320 e. The lowest BCUT2D eigenvalue weighted by atomic mass is 10.1. The van der Waals surface area contributed by atoms with Crippen LogP contribution in [-0.4, -0.2) is 48.0 Å². The van der Waals surface area contributed by atoms with Crippen LogP contribution in [0.3, 0.4) is 0 Å². The number of hydrogen-bond acceptors (Lipinski definition) is 5. The van der Waals surface area contributed by atoms with Gasteiger partial charge in [-0.05, 0) is 43.5 Å². The molecule has 0 aromatic heterocycles. The molecule has 0 radical (unpaired) electrons.